The maximum absolute atomic E-state index is 12.3. The van der Waals surface area contributed by atoms with Crippen LogP contribution in [0.4, 0.5) is 0 Å². The van der Waals surface area contributed by atoms with E-state index in [-0.39, 0.29) is 21.4 Å². The molecule has 0 radical (unpaired) electrons. The van der Waals surface area contributed by atoms with Gasteiger partial charge in [-0.3, -0.25) is 4.79 Å². The molecule has 20 heavy (non-hydrogen) atoms. The number of sulfonamides is 1. The number of hydrogen-bond acceptors (Lipinski definition) is 3. The molecule has 1 aromatic rings. The van der Waals surface area contributed by atoms with E-state index in [1.807, 2.05) is 0 Å². The van der Waals surface area contributed by atoms with Gasteiger partial charge < -0.3 is 4.90 Å². The number of carbonyl (C=O) groups is 1. The first-order valence-corrected chi connectivity index (χ1v) is 8.69. The molecule has 5 nitrogen and oxygen atoms in total. The topological polar surface area (TPSA) is 80.5 Å². The van der Waals surface area contributed by atoms with Crippen molar-refractivity contribution in [1.29, 1.82) is 0 Å². The summed E-state index contributed by atoms with van der Waals surface area (Å²) >= 11 is 9.22. The first-order chi connectivity index (χ1) is 9.20. The lowest BCUT2D eigenvalue weighted by Crippen LogP contribution is -2.29. The average Bonchev–Trinajstić information content (AvgIpc) is 3.14. The molecule has 0 atom stereocenters. The van der Waals surface area contributed by atoms with Crippen LogP contribution in [0.2, 0.25) is 5.02 Å². The van der Waals surface area contributed by atoms with Gasteiger partial charge in [0, 0.05) is 18.1 Å². The van der Waals surface area contributed by atoms with E-state index in [2.05, 4.69) is 15.9 Å². The Morgan fingerprint density at radius 2 is 2.10 bits per heavy atom. The van der Waals surface area contributed by atoms with E-state index < -0.39 is 10.0 Å². The molecule has 2 rings (SSSR count). The Morgan fingerprint density at radius 3 is 2.60 bits per heavy atom. The lowest BCUT2D eigenvalue weighted by atomic mass is 10.2. The molecule has 0 aliphatic heterocycles. The van der Waals surface area contributed by atoms with Gasteiger partial charge in [0.25, 0.3) is 5.91 Å². The molecule has 0 bridgehead atoms. The molecule has 2 N–H and O–H groups in total. The fraction of sp³-hybridized carbons (Fsp3) is 0.417. The Bertz CT molecular complexity index is 659. The Hall–Kier alpha value is -0.630. The normalized spacial score (nSPS) is 15.2. The molecule has 0 spiro atoms. The maximum atomic E-state index is 12.3. The van der Waals surface area contributed by atoms with Crippen LogP contribution >= 0.6 is 27.5 Å². The number of benzene rings is 1. The lowest BCUT2D eigenvalue weighted by Gasteiger charge is -2.18. The van der Waals surface area contributed by atoms with Crippen LogP contribution in [0.3, 0.4) is 0 Å². The van der Waals surface area contributed by atoms with Crippen molar-refractivity contribution < 1.29 is 13.2 Å². The first kappa shape index (κ1) is 15.8. The molecular weight excluding hydrogens is 368 g/mol. The van der Waals surface area contributed by atoms with Crippen LogP contribution in [0.5, 0.6) is 0 Å². The summed E-state index contributed by atoms with van der Waals surface area (Å²) in [7, 11) is -2.22. The summed E-state index contributed by atoms with van der Waals surface area (Å²) in [4.78, 5) is 13.8. The van der Waals surface area contributed by atoms with E-state index in [1.165, 1.54) is 12.1 Å². The molecule has 1 aliphatic carbocycles. The average molecular weight is 382 g/mol. The van der Waals surface area contributed by atoms with Crippen molar-refractivity contribution in [2.45, 2.75) is 17.7 Å². The highest BCUT2D eigenvalue weighted by Gasteiger charge is 2.27. The monoisotopic (exact) mass is 380 g/mol. The van der Waals surface area contributed by atoms with Gasteiger partial charge in [0.1, 0.15) is 0 Å². The summed E-state index contributed by atoms with van der Waals surface area (Å²) in [5, 5.41) is 5.28. The van der Waals surface area contributed by atoms with E-state index in [1.54, 1.807) is 11.9 Å². The Kier molecular flexibility index (Phi) is 4.44. The highest BCUT2D eigenvalue weighted by atomic mass is 79.9. The summed E-state index contributed by atoms with van der Waals surface area (Å²) in [5.74, 6) is 0.223. The summed E-state index contributed by atoms with van der Waals surface area (Å²) in [6.45, 7) is 0.645. The molecule has 1 aliphatic rings. The quantitative estimate of drug-likeness (QED) is 0.868. The van der Waals surface area contributed by atoms with Crippen molar-refractivity contribution in [2.24, 2.45) is 11.1 Å². The largest absolute Gasteiger partial charge is 0.341 e. The van der Waals surface area contributed by atoms with Crippen LogP contribution in [0, 0.1) is 5.92 Å². The molecule has 1 amide bonds. The Morgan fingerprint density at radius 1 is 1.50 bits per heavy atom. The van der Waals surface area contributed by atoms with E-state index in [0.29, 0.717) is 16.9 Å². The summed E-state index contributed by atoms with van der Waals surface area (Å²) < 4.78 is 23.2. The second-order valence-corrected chi connectivity index (χ2v) is 7.73. The van der Waals surface area contributed by atoms with Gasteiger partial charge >= 0.3 is 0 Å². The third-order valence-corrected chi connectivity index (χ3v) is 5.29. The van der Waals surface area contributed by atoms with E-state index in [0.717, 1.165) is 12.8 Å². The second-order valence-electron chi connectivity index (χ2n) is 4.94. The number of primary sulfonamides is 1. The summed E-state index contributed by atoms with van der Waals surface area (Å²) in [6.07, 6.45) is 2.23. The van der Waals surface area contributed by atoms with Crippen molar-refractivity contribution in [3.8, 4) is 0 Å². The molecule has 0 unspecified atom stereocenters. The Balaban J connectivity index is 2.38. The molecule has 110 valence electrons. The number of halogens is 2. The van der Waals surface area contributed by atoms with Crippen molar-refractivity contribution in [3.05, 3.63) is 27.2 Å². The van der Waals surface area contributed by atoms with Gasteiger partial charge in [-0.1, -0.05) is 11.6 Å². The van der Waals surface area contributed by atoms with Crippen molar-refractivity contribution in [3.63, 3.8) is 0 Å². The van der Waals surface area contributed by atoms with Crippen molar-refractivity contribution >= 4 is 43.5 Å². The number of rotatable bonds is 4. The molecular formula is C12H14BrClN2O3S. The molecule has 0 saturated heterocycles. The Labute approximate surface area is 131 Å². The van der Waals surface area contributed by atoms with Gasteiger partial charge in [-0.05, 0) is 46.8 Å². The van der Waals surface area contributed by atoms with Gasteiger partial charge in [-0.2, -0.15) is 0 Å². The highest BCUT2D eigenvalue weighted by molar-refractivity contribution is 9.10. The summed E-state index contributed by atoms with van der Waals surface area (Å²) in [6, 6.07) is 2.50. The van der Waals surface area contributed by atoms with E-state index in [4.69, 9.17) is 16.7 Å². The molecule has 1 aromatic carbocycles. The number of hydrogen-bond donors (Lipinski definition) is 1. The zero-order chi connectivity index (χ0) is 15.1. The summed E-state index contributed by atoms with van der Waals surface area (Å²) in [5.41, 5.74) is 0.133. The molecule has 0 aromatic heterocycles. The molecule has 1 fully saturated rings. The van der Waals surface area contributed by atoms with Crippen LogP contribution in [0.25, 0.3) is 0 Å². The van der Waals surface area contributed by atoms with Crippen LogP contribution in [0.1, 0.15) is 23.2 Å². The predicted molar refractivity (Wildman–Crippen MR) is 80.2 cm³/mol. The van der Waals surface area contributed by atoms with Gasteiger partial charge in [0.05, 0.1) is 15.5 Å². The van der Waals surface area contributed by atoms with Crippen LogP contribution < -0.4 is 5.14 Å². The first-order valence-electron chi connectivity index (χ1n) is 5.97. The number of nitrogens with two attached hydrogens (primary N) is 1. The molecule has 0 heterocycles. The zero-order valence-electron chi connectivity index (χ0n) is 10.8. The molecule has 8 heteroatoms. The molecule has 1 saturated carbocycles. The maximum Gasteiger partial charge on any atom is 0.255 e. The van der Waals surface area contributed by atoms with E-state index >= 15 is 0 Å². The van der Waals surface area contributed by atoms with Gasteiger partial charge in [0.2, 0.25) is 10.0 Å². The zero-order valence-corrected chi connectivity index (χ0v) is 13.9. The van der Waals surface area contributed by atoms with Gasteiger partial charge in [-0.25, -0.2) is 13.6 Å². The van der Waals surface area contributed by atoms with Gasteiger partial charge in [0.15, 0.2) is 0 Å². The lowest BCUT2D eigenvalue weighted by molar-refractivity contribution is 0.0788. The van der Waals surface area contributed by atoms with Crippen LogP contribution in [-0.4, -0.2) is 32.8 Å². The minimum absolute atomic E-state index is 0.133. The van der Waals surface area contributed by atoms with Gasteiger partial charge in [-0.15, -0.1) is 0 Å². The van der Waals surface area contributed by atoms with Crippen LogP contribution in [0.15, 0.2) is 21.5 Å². The highest BCUT2D eigenvalue weighted by Crippen LogP contribution is 2.32. The fourth-order valence-electron chi connectivity index (χ4n) is 1.86. The van der Waals surface area contributed by atoms with Crippen LogP contribution in [-0.2, 0) is 10.0 Å². The number of amides is 1. The number of nitrogens with zero attached hydrogens (tertiary/aromatic N) is 1. The van der Waals surface area contributed by atoms with Crippen molar-refractivity contribution in [1.82, 2.24) is 4.90 Å². The minimum Gasteiger partial charge on any atom is -0.341 e. The predicted octanol–water partition coefficient (Wildman–Crippen LogP) is 2.23. The van der Waals surface area contributed by atoms with Crippen molar-refractivity contribution in [2.75, 3.05) is 13.6 Å². The smallest absolute Gasteiger partial charge is 0.255 e. The third kappa shape index (κ3) is 3.52. The fourth-order valence-corrected chi connectivity index (χ4v) is 3.23. The van der Waals surface area contributed by atoms with E-state index in [9.17, 15) is 13.2 Å². The SMILES string of the molecule is CN(CC1CC1)C(=O)c1cc(S(N)(=O)=O)cc(Br)c1Cl. The minimum atomic E-state index is -3.89. The number of carbonyl (C=O) groups excluding carboxylic acids is 1. The standard InChI is InChI=1S/C12H14BrClN2O3S/c1-16(6-7-2-3-7)12(17)9-4-8(20(15,18)19)5-10(13)11(9)14/h4-5,7H,2-3,6H2,1H3,(H2,15,18,19). The third-order valence-electron chi connectivity index (χ3n) is 3.14. The second kappa shape index (κ2) is 5.63.